The summed E-state index contributed by atoms with van der Waals surface area (Å²) in [5.74, 6) is -0.899. The summed E-state index contributed by atoms with van der Waals surface area (Å²) in [6.07, 6.45) is 3.00. The Morgan fingerprint density at radius 3 is 2.64 bits per heavy atom. The average Bonchev–Trinajstić information content (AvgIpc) is 3.27. The maximum absolute atomic E-state index is 12.1. The number of tetrazole rings is 1. The van der Waals surface area contributed by atoms with E-state index < -0.39 is 11.5 Å². The number of rotatable bonds is 6. The van der Waals surface area contributed by atoms with E-state index in [-0.39, 0.29) is 17.4 Å². The molecule has 0 bridgehead atoms. The van der Waals surface area contributed by atoms with Crippen LogP contribution in [0.15, 0.2) is 47.1 Å². The molecule has 2 N–H and O–H groups in total. The fraction of sp³-hybridized carbons (Fsp3) is 0.118. The lowest BCUT2D eigenvalue weighted by molar-refractivity contribution is 0.101. The topological polar surface area (TPSA) is 122 Å². The second-order valence-electron chi connectivity index (χ2n) is 5.38. The minimum Gasteiger partial charge on any atom is -0.504 e. The van der Waals surface area contributed by atoms with Crippen molar-refractivity contribution in [3.05, 3.63) is 70.9 Å². The lowest BCUT2D eigenvalue weighted by Crippen LogP contribution is -1.96. The minimum absolute atomic E-state index is 0.0101. The molecule has 126 valence electrons. The Morgan fingerprint density at radius 2 is 2.00 bits per heavy atom. The number of Topliss-reactive ketones (excluding diaryl/α,β-unsaturated/α-hetero) is 1. The summed E-state index contributed by atoms with van der Waals surface area (Å²) < 4.78 is 5.26. The summed E-state index contributed by atoms with van der Waals surface area (Å²) >= 11 is 0. The van der Waals surface area contributed by atoms with Gasteiger partial charge >= 0.3 is 0 Å². The van der Waals surface area contributed by atoms with Crippen molar-refractivity contribution in [1.82, 2.24) is 20.6 Å². The molecule has 0 aliphatic heterocycles. The Kier molecular flexibility index (Phi) is 4.51. The zero-order chi connectivity index (χ0) is 17.8. The van der Waals surface area contributed by atoms with Gasteiger partial charge in [0.2, 0.25) is 11.6 Å². The van der Waals surface area contributed by atoms with Crippen molar-refractivity contribution in [2.45, 2.75) is 13.3 Å². The number of carbonyl (C=O) groups is 2. The molecular weight excluding hydrogens is 324 g/mol. The maximum Gasteiger partial charge on any atom is 0.239 e. The van der Waals surface area contributed by atoms with E-state index in [2.05, 4.69) is 20.6 Å². The van der Waals surface area contributed by atoms with Crippen LogP contribution in [0.1, 0.15) is 44.8 Å². The van der Waals surface area contributed by atoms with E-state index in [4.69, 9.17) is 4.42 Å². The number of aliphatic hydroxyl groups is 1. The molecular formula is C17H14N4O4. The molecule has 0 saturated heterocycles. The molecule has 0 spiro atoms. The van der Waals surface area contributed by atoms with E-state index in [1.54, 1.807) is 18.2 Å². The highest BCUT2D eigenvalue weighted by atomic mass is 16.3. The van der Waals surface area contributed by atoms with Crippen LogP contribution in [0.3, 0.4) is 0 Å². The molecule has 8 heteroatoms. The second-order valence-corrected chi connectivity index (χ2v) is 5.38. The van der Waals surface area contributed by atoms with Crippen molar-refractivity contribution in [2.24, 2.45) is 0 Å². The Hall–Kier alpha value is -3.55. The van der Waals surface area contributed by atoms with Crippen molar-refractivity contribution in [3.63, 3.8) is 0 Å². The van der Waals surface area contributed by atoms with Crippen LogP contribution in [-0.2, 0) is 6.42 Å². The van der Waals surface area contributed by atoms with E-state index in [9.17, 15) is 14.7 Å². The third-order valence-electron chi connectivity index (χ3n) is 3.51. The number of furan rings is 1. The van der Waals surface area contributed by atoms with Gasteiger partial charge in [0.15, 0.2) is 17.3 Å². The first-order chi connectivity index (χ1) is 12.0. The predicted molar refractivity (Wildman–Crippen MR) is 87.1 cm³/mol. The van der Waals surface area contributed by atoms with Crippen molar-refractivity contribution >= 4 is 17.3 Å². The molecule has 3 rings (SSSR count). The summed E-state index contributed by atoms with van der Waals surface area (Å²) in [5, 5.41) is 22.4. The number of hydrogen-bond donors (Lipinski definition) is 2. The SMILES string of the molecule is CC(=O)c1ccc(Cc2coc(C(=O)C=C(O)c3nn[nH]n3)c2)cc1. The first-order valence-electron chi connectivity index (χ1n) is 7.39. The zero-order valence-electron chi connectivity index (χ0n) is 13.3. The van der Waals surface area contributed by atoms with Gasteiger partial charge in [0.25, 0.3) is 0 Å². The first-order valence-corrected chi connectivity index (χ1v) is 7.39. The molecule has 1 aromatic carbocycles. The van der Waals surface area contributed by atoms with E-state index in [1.807, 2.05) is 12.1 Å². The molecule has 0 amide bonds. The van der Waals surface area contributed by atoms with Crippen LogP contribution >= 0.6 is 0 Å². The van der Waals surface area contributed by atoms with Crippen molar-refractivity contribution in [3.8, 4) is 0 Å². The Morgan fingerprint density at radius 1 is 1.24 bits per heavy atom. The third kappa shape index (κ3) is 3.86. The zero-order valence-corrected chi connectivity index (χ0v) is 13.3. The summed E-state index contributed by atoms with van der Waals surface area (Å²) in [4.78, 5) is 23.4. The largest absolute Gasteiger partial charge is 0.504 e. The van der Waals surface area contributed by atoms with E-state index in [1.165, 1.54) is 13.2 Å². The first kappa shape index (κ1) is 16.3. The van der Waals surface area contributed by atoms with Gasteiger partial charge in [-0.3, -0.25) is 9.59 Å². The van der Waals surface area contributed by atoms with Gasteiger partial charge in [-0.15, -0.1) is 10.2 Å². The second kappa shape index (κ2) is 6.91. The highest BCUT2D eigenvalue weighted by Crippen LogP contribution is 2.16. The number of hydrogen-bond acceptors (Lipinski definition) is 7. The smallest absolute Gasteiger partial charge is 0.239 e. The van der Waals surface area contributed by atoms with Gasteiger partial charge in [-0.25, -0.2) is 0 Å². The van der Waals surface area contributed by atoms with E-state index in [0.717, 1.165) is 17.2 Å². The van der Waals surface area contributed by atoms with Crippen molar-refractivity contribution < 1.29 is 19.1 Å². The summed E-state index contributed by atoms with van der Waals surface area (Å²) in [6, 6.07) is 8.83. The van der Waals surface area contributed by atoms with Crippen LogP contribution < -0.4 is 0 Å². The van der Waals surface area contributed by atoms with Crippen molar-refractivity contribution in [1.29, 1.82) is 0 Å². The summed E-state index contributed by atoms with van der Waals surface area (Å²) in [7, 11) is 0. The van der Waals surface area contributed by atoms with Gasteiger partial charge in [0.1, 0.15) is 0 Å². The summed E-state index contributed by atoms with van der Waals surface area (Å²) in [5.41, 5.74) is 2.43. The van der Waals surface area contributed by atoms with Crippen LogP contribution in [0.5, 0.6) is 0 Å². The highest BCUT2D eigenvalue weighted by Gasteiger charge is 2.13. The van der Waals surface area contributed by atoms with Crippen LogP contribution in [-0.4, -0.2) is 37.3 Å². The Bertz CT molecular complexity index is 924. The van der Waals surface area contributed by atoms with Gasteiger partial charge in [-0.2, -0.15) is 5.21 Å². The molecule has 0 aliphatic carbocycles. The molecule has 0 fully saturated rings. The van der Waals surface area contributed by atoms with Crippen LogP contribution in [0.4, 0.5) is 0 Å². The molecule has 8 nitrogen and oxygen atoms in total. The summed E-state index contributed by atoms with van der Waals surface area (Å²) in [6.45, 7) is 1.51. The number of aliphatic hydroxyl groups excluding tert-OH is 1. The van der Waals surface area contributed by atoms with Gasteiger partial charge in [-0.1, -0.05) is 24.3 Å². The molecule has 25 heavy (non-hydrogen) atoms. The molecule has 0 saturated carbocycles. The highest BCUT2D eigenvalue weighted by molar-refractivity contribution is 6.05. The van der Waals surface area contributed by atoms with Crippen LogP contribution in [0.25, 0.3) is 5.76 Å². The van der Waals surface area contributed by atoms with Gasteiger partial charge in [0, 0.05) is 18.1 Å². The molecule has 0 unspecified atom stereocenters. The van der Waals surface area contributed by atoms with Gasteiger partial charge in [-0.05, 0) is 29.3 Å². The Labute approximate surface area is 142 Å². The molecule has 2 aromatic heterocycles. The molecule has 0 atom stereocenters. The fourth-order valence-corrected chi connectivity index (χ4v) is 2.22. The number of aromatic amines is 1. The van der Waals surface area contributed by atoms with Crippen LogP contribution in [0, 0.1) is 0 Å². The number of ketones is 2. The number of allylic oxidation sites excluding steroid dienone is 1. The number of H-pyrrole nitrogens is 1. The van der Waals surface area contributed by atoms with E-state index in [0.29, 0.717) is 12.0 Å². The molecule has 2 heterocycles. The quantitative estimate of drug-likeness (QED) is 0.402. The number of aromatic nitrogens is 4. The van der Waals surface area contributed by atoms with Gasteiger partial charge in [0.05, 0.1) is 6.26 Å². The normalized spacial score (nSPS) is 11.5. The number of nitrogens with zero attached hydrogens (tertiary/aromatic N) is 3. The molecule has 0 radical (unpaired) electrons. The predicted octanol–water partition coefficient (Wildman–Crippen LogP) is 2.37. The molecule has 0 aliphatic rings. The van der Waals surface area contributed by atoms with Crippen molar-refractivity contribution in [2.75, 3.05) is 0 Å². The van der Waals surface area contributed by atoms with E-state index >= 15 is 0 Å². The average molecular weight is 338 g/mol. The number of carbonyl (C=O) groups excluding carboxylic acids is 2. The monoisotopic (exact) mass is 338 g/mol. The lowest BCUT2D eigenvalue weighted by atomic mass is 10.0. The third-order valence-corrected chi connectivity index (χ3v) is 3.51. The van der Waals surface area contributed by atoms with Gasteiger partial charge < -0.3 is 9.52 Å². The number of benzene rings is 1. The standard InChI is InChI=1S/C17H14N4O4/c1-10(22)13-4-2-11(3-5-13)6-12-7-16(25-9-12)14(23)8-15(24)17-18-20-21-19-17/h2-5,7-9,24H,6H2,1H3,(H,18,19,20,21). The van der Waals surface area contributed by atoms with Crippen LogP contribution in [0.2, 0.25) is 0 Å². The fourth-order valence-electron chi connectivity index (χ4n) is 2.22. The number of nitrogens with one attached hydrogen (secondary N) is 1. The Balaban J connectivity index is 1.70. The maximum atomic E-state index is 12.1. The lowest BCUT2D eigenvalue weighted by Gasteiger charge is -2.00. The minimum atomic E-state index is -0.513. The molecule has 3 aromatic rings.